The second kappa shape index (κ2) is 5.13. The van der Waals surface area contributed by atoms with Crippen molar-refractivity contribution in [2.45, 2.75) is 33.1 Å². The van der Waals surface area contributed by atoms with Gasteiger partial charge in [0.05, 0.1) is 5.70 Å². The number of hydrogen-bond acceptors (Lipinski definition) is 1. The van der Waals surface area contributed by atoms with E-state index in [1.807, 2.05) is 20.1 Å². The van der Waals surface area contributed by atoms with Crippen LogP contribution in [0.15, 0.2) is 46.6 Å². The van der Waals surface area contributed by atoms with Gasteiger partial charge in [0.2, 0.25) is 0 Å². The smallest absolute Gasteiger partial charge is 0.0627 e. The summed E-state index contributed by atoms with van der Waals surface area (Å²) in [7, 11) is 0. The van der Waals surface area contributed by atoms with Crippen LogP contribution in [0.2, 0.25) is 0 Å². The van der Waals surface area contributed by atoms with Crippen LogP contribution >= 0.6 is 0 Å². The van der Waals surface area contributed by atoms with Gasteiger partial charge in [0, 0.05) is 18.6 Å². The van der Waals surface area contributed by atoms with Crippen molar-refractivity contribution in [2.24, 2.45) is 4.99 Å². The molecule has 0 bridgehead atoms. The molecule has 0 saturated carbocycles. The summed E-state index contributed by atoms with van der Waals surface area (Å²) in [5, 5.41) is 0. The van der Waals surface area contributed by atoms with Crippen molar-refractivity contribution in [3.63, 3.8) is 0 Å². The van der Waals surface area contributed by atoms with Gasteiger partial charge in [0.25, 0.3) is 0 Å². The van der Waals surface area contributed by atoms with E-state index in [1.54, 1.807) is 0 Å². The molecular weight excluding hydrogens is 206 g/mol. The lowest BCUT2D eigenvalue weighted by molar-refractivity contribution is 0.925. The molecule has 1 unspecified atom stereocenters. The van der Waals surface area contributed by atoms with Gasteiger partial charge in [0.1, 0.15) is 0 Å². The average Bonchev–Trinajstić information content (AvgIpc) is 3.00. The van der Waals surface area contributed by atoms with E-state index in [0.717, 1.165) is 6.42 Å². The molecule has 1 nitrogen and oxygen atoms in total. The minimum Gasteiger partial charge on any atom is -0.261 e. The van der Waals surface area contributed by atoms with Gasteiger partial charge in [-0.15, -0.1) is 0 Å². The first kappa shape index (κ1) is 11.8. The van der Waals surface area contributed by atoms with Gasteiger partial charge < -0.3 is 0 Å². The fraction of sp³-hybridized carbons (Fsp3) is 0.312. The summed E-state index contributed by atoms with van der Waals surface area (Å²) >= 11 is 0. The molecule has 1 heterocycles. The Labute approximate surface area is 104 Å². The third-order valence-corrected chi connectivity index (χ3v) is 3.18. The first-order chi connectivity index (χ1) is 8.36. The highest BCUT2D eigenvalue weighted by Gasteiger charge is 2.23. The fourth-order valence-electron chi connectivity index (χ4n) is 2.35. The van der Waals surface area contributed by atoms with Crippen LogP contribution in [0, 0.1) is 0 Å². The number of aliphatic imine (C=N–C) groups is 1. The van der Waals surface area contributed by atoms with Crippen LogP contribution in [-0.2, 0) is 0 Å². The van der Waals surface area contributed by atoms with Crippen LogP contribution in [0.1, 0.15) is 44.2 Å². The molecule has 1 atom stereocenters. The van der Waals surface area contributed by atoms with E-state index in [2.05, 4.69) is 48.3 Å². The predicted molar refractivity (Wildman–Crippen MR) is 75.4 cm³/mol. The maximum atomic E-state index is 4.42. The molecule has 1 aliphatic heterocycles. The van der Waals surface area contributed by atoms with Crippen molar-refractivity contribution in [1.82, 2.24) is 0 Å². The van der Waals surface area contributed by atoms with Crippen LogP contribution in [0.25, 0.3) is 6.08 Å². The highest BCUT2D eigenvalue weighted by molar-refractivity contribution is 5.75. The molecule has 2 aliphatic rings. The molecule has 3 rings (SSSR count). The number of rotatable bonds is 1. The summed E-state index contributed by atoms with van der Waals surface area (Å²) < 4.78 is 0. The summed E-state index contributed by atoms with van der Waals surface area (Å²) in [6.07, 6.45) is 7.43. The van der Waals surface area contributed by atoms with Crippen molar-refractivity contribution in [1.29, 1.82) is 0 Å². The molecule has 1 aliphatic carbocycles. The van der Waals surface area contributed by atoms with E-state index in [0.29, 0.717) is 5.92 Å². The summed E-state index contributed by atoms with van der Waals surface area (Å²) in [5.41, 5.74) is 5.31. The average molecular weight is 225 g/mol. The topological polar surface area (TPSA) is 12.4 Å². The molecule has 1 aromatic carbocycles. The van der Waals surface area contributed by atoms with Crippen molar-refractivity contribution in [3.05, 3.63) is 52.7 Å². The maximum absolute atomic E-state index is 4.42. The Balaban J connectivity index is 0.000000514. The van der Waals surface area contributed by atoms with Gasteiger partial charge >= 0.3 is 0 Å². The van der Waals surface area contributed by atoms with Crippen molar-refractivity contribution < 1.29 is 0 Å². The van der Waals surface area contributed by atoms with Gasteiger partial charge in [-0.25, -0.2) is 0 Å². The zero-order valence-electron chi connectivity index (χ0n) is 10.8. The Bertz CT molecular complexity index is 492. The molecule has 0 aromatic heterocycles. The summed E-state index contributed by atoms with van der Waals surface area (Å²) in [6.45, 7) is 6.26. The molecule has 1 heteroatoms. The minimum absolute atomic E-state index is 0.489. The monoisotopic (exact) mass is 225 g/mol. The van der Waals surface area contributed by atoms with Crippen LogP contribution < -0.4 is 0 Å². The van der Waals surface area contributed by atoms with Gasteiger partial charge in [-0.2, -0.15) is 0 Å². The zero-order chi connectivity index (χ0) is 12.3. The molecule has 0 spiro atoms. The molecular formula is C16H19N. The van der Waals surface area contributed by atoms with Crippen LogP contribution in [0.4, 0.5) is 0 Å². The second-order valence-corrected chi connectivity index (χ2v) is 4.09. The van der Waals surface area contributed by atoms with Crippen molar-refractivity contribution in [3.8, 4) is 0 Å². The summed E-state index contributed by atoms with van der Waals surface area (Å²) in [5.74, 6) is 0.489. The zero-order valence-corrected chi connectivity index (χ0v) is 10.8. The molecule has 0 N–H and O–H groups in total. The molecule has 0 radical (unpaired) electrons. The fourth-order valence-corrected chi connectivity index (χ4v) is 2.35. The van der Waals surface area contributed by atoms with E-state index in [-0.39, 0.29) is 0 Å². The standard InChI is InChI=1S/C14H13N.C2H6/c1-10-12-6-3-2-5-11(12)9-13(10)14-7-4-8-15-14;1-2/h2-3,5-10H,4H2,1H3;1-2H3. The normalized spacial score (nSPS) is 20.3. The first-order valence-electron chi connectivity index (χ1n) is 6.40. The predicted octanol–water partition coefficient (Wildman–Crippen LogP) is 4.57. The van der Waals surface area contributed by atoms with Gasteiger partial charge in [-0.05, 0) is 22.8 Å². The van der Waals surface area contributed by atoms with E-state index in [4.69, 9.17) is 0 Å². The lowest BCUT2D eigenvalue weighted by Crippen LogP contribution is -1.94. The van der Waals surface area contributed by atoms with Gasteiger partial charge in [-0.3, -0.25) is 4.99 Å². The van der Waals surface area contributed by atoms with E-state index in [1.165, 1.54) is 22.4 Å². The quantitative estimate of drug-likeness (QED) is 0.663. The lowest BCUT2D eigenvalue weighted by Gasteiger charge is -2.09. The Morgan fingerprint density at radius 2 is 1.94 bits per heavy atom. The highest BCUT2D eigenvalue weighted by Crippen LogP contribution is 2.40. The Morgan fingerprint density at radius 3 is 2.59 bits per heavy atom. The number of hydrogen-bond donors (Lipinski definition) is 0. The SMILES string of the molecule is CC.CC1C(C2=CCC=N2)=Cc2ccccc21. The molecule has 0 saturated heterocycles. The number of fused-ring (bicyclic) bond motifs is 1. The Hall–Kier alpha value is -1.63. The number of benzene rings is 1. The van der Waals surface area contributed by atoms with E-state index >= 15 is 0 Å². The molecule has 1 aromatic rings. The molecule has 17 heavy (non-hydrogen) atoms. The van der Waals surface area contributed by atoms with Gasteiger partial charge in [0.15, 0.2) is 0 Å². The summed E-state index contributed by atoms with van der Waals surface area (Å²) in [6, 6.07) is 8.59. The molecule has 88 valence electrons. The van der Waals surface area contributed by atoms with E-state index < -0.39 is 0 Å². The van der Waals surface area contributed by atoms with Crippen molar-refractivity contribution >= 4 is 12.3 Å². The molecule has 0 amide bonds. The number of nitrogens with zero attached hydrogens (tertiary/aromatic N) is 1. The van der Waals surface area contributed by atoms with Crippen molar-refractivity contribution in [2.75, 3.05) is 0 Å². The minimum atomic E-state index is 0.489. The van der Waals surface area contributed by atoms with Crippen LogP contribution in [0.3, 0.4) is 0 Å². The Kier molecular flexibility index (Phi) is 3.58. The van der Waals surface area contributed by atoms with Crippen LogP contribution in [-0.4, -0.2) is 6.21 Å². The van der Waals surface area contributed by atoms with Crippen LogP contribution in [0.5, 0.6) is 0 Å². The number of allylic oxidation sites excluding steroid dienone is 2. The van der Waals surface area contributed by atoms with Gasteiger partial charge in [-0.1, -0.05) is 51.1 Å². The third kappa shape index (κ3) is 2.10. The summed E-state index contributed by atoms with van der Waals surface area (Å²) in [4.78, 5) is 4.42. The highest BCUT2D eigenvalue weighted by atomic mass is 14.8. The second-order valence-electron chi connectivity index (χ2n) is 4.09. The Morgan fingerprint density at radius 1 is 1.18 bits per heavy atom. The lowest BCUT2D eigenvalue weighted by atomic mass is 9.96. The first-order valence-corrected chi connectivity index (χ1v) is 6.40. The largest absolute Gasteiger partial charge is 0.261 e. The molecule has 0 fully saturated rings. The van der Waals surface area contributed by atoms with E-state index in [9.17, 15) is 0 Å². The third-order valence-electron chi connectivity index (χ3n) is 3.18. The maximum Gasteiger partial charge on any atom is 0.0627 e.